The van der Waals surface area contributed by atoms with Crippen molar-refractivity contribution in [2.24, 2.45) is 0 Å². The first-order valence-corrected chi connectivity index (χ1v) is 10.3. The molecule has 0 atom stereocenters. The Labute approximate surface area is 155 Å². The highest BCUT2D eigenvalue weighted by Gasteiger charge is 1.95. The number of carbonyl (C=O) groups is 1. The minimum absolute atomic E-state index is 0.0938. The van der Waals surface area contributed by atoms with Crippen LogP contribution in [0.1, 0.15) is 103 Å². The van der Waals surface area contributed by atoms with Gasteiger partial charge in [0.25, 0.3) is 0 Å². The molecule has 0 saturated carbocycles. The van der Waals surface area contributed by atoms with Crippen LogP contribution in [-0.2, 0) is 4.79 Å². The predicted octanol–water partition coefficient (Wildman–Crippen LogP) is 5.47. The fourth-order valence-electron chi connectivity index (χ4n) is 2.42. The van der Waals surface area contributed by atoms with E-state index in [2.05, 4.69) is 19.1 Å². The summed E-state index contributed by atoms with van der Waals surface area (Å²) in [5, 5.41) is 24.3. The lowest BCUT2D eigenvalue weighted by atomic mass is 10.1. The van der Waals surface area contributed by atoms with Gasteiger partial charge in [-0.1, -0.05) is 70.4 Å². The van der Waals surface area contributed by atoms with Crippen LogP contribution in [0, 0.1) is 0 Å². The number of allylic oxidation sites excluding steroid dienone is 2. The molecule has 0 radical (unpaired) electrons. The van der Waals surface area contributed by atoms with Crippen molar-refractivity contribution in [3.05, 3.63) is 12.2 Å². The van der Waals surface area contributed by atoms with Crippen molar-refractivity contribution < 1.29 is 20.1 Å². The van der Waals surface area contributed by atoms with Crippen molar-refractivity contribution in [3.8, 4) is 0 Å². The monoisotopic (exact) mass is 358 g/mol. The average molecular weight is 359 g/mol. The Balaban J connectivity index is 0. The molecule has 4 heteroatoms. The molecule has 4 nitrogen and oxygen atoms in total. The molecular formula is C21H42O4. The molecule has 0 saturated heterocycles. The second-order valence-corrected chi connectivity index (χ2v) is 6.53. The van der Waals surface area contributed by atoms with Gasteiger partial charge >= 0.3 is 5.97 Å². The zero-order valence-corrected chi connectivity index (χ0v) is 16.4. The maximum atomic E-state index is 10.3. The maximum absolute atomic E-state index is 10.3. The van der Waals surface area contributed by atoms with E-state index in [1.54, 1.807) is 0 Å². The van der Waals surface area contributed by atoms with E-state index < -0.39 is 5.97 Å². The van der Waals surface area contributed by atoms with Crippen molar-refractivity contribution >= 4 is 5.97 Å². The van der Waals surface area contributed by atoms with E-state index in [0.29, 0.717) is 12.8 Å². The number of carboxylic acids is 1. The van der Waals surface area contributed by atoms with Gasteiger partial charge in [-0.05, 0) is 38.5 Å². The highest BCUT2D eigenvalue weighted by atomic mass is 16.4. The van der Waals surface area contributed by atoms with Gasteiger partial charge in [-0.2, -0.15) is 0 Å². The van der Waals surface area contributed by atoms with Crippen molar-refractivity contribution in [1.82, 2.24) is 0 Å². The molecule has 0 rings (SSSR count). The second kappa shape index (κ2) is 25.4. The third kappa shape index (κ3) is 31.4. The molecule has 0 aliphatic heterocycles. The number of aliphatic hydroxyl groups excluding tert-OH is 2. The first kappa shape index (κ1) is 26.4. The zero-order valence-electron chi connectivity index (χ0n) is 16.4. The van der Waals surface area contributed by atoms with Crippen molar-refractivity contribution in [1.29, 1.82) is 0 Å². The summed E-state index contributed by atoms with van der Waals surface area (Å²) in [6, 6.07) is 0. The van der Waals surface area contributed by atoms with Gasteiger partial charge in [0.2, 0.25) is 0 Å². The Kier molecular flexibility index (Phi) is 26.8. The molecule has 0 aliphatic rings. The minimum atomic E-state index is -0.664. The van der Waals surface area contributed by atoms with E-state index >= 15 is 0 Å². The lowest BCUT2D eigenvalue weighted by Crippen LogP contribution is -1.93. The molecule has 0 heterocycles. The van der Waals surface area contributed by atoms with E-state index in [0.717, 1.165) is 12.8 Å². The van der Waals surface area contributed by atoms with E-state index in [-0.39, 0.29) is 13.2 Å². The minimum Gasteiger partial charge on any atom is -0.481 e. The van der Waals surface area contributed by atoms with Crippen molar-refractivity contribution in [2.75, 3.05) is 13.2 Å². The average Bonchev–Trinajstić information content (AvgIpc) is 2.59. The Morgan fingerprint density at radius 3 is 1.52 bits per heavy atom. The summed E-state index contributed by atoms with van der Waals surface area (Å²) in [6.07, 6.45) is 21.7. The number of hydrogen-bond acceptors (Lipinski definition) is 3. The highest BCUT2D eigenvalue weighted by molar-refractivity contribution is 5.66. The molecule has 0 bridgehead atoms. The molecule has 0 aromatic carbocycles. The van der Waals surface area contributed by atoms with Crippen molar-refractivity contribution in [2.45, 2.75) is 103 Å². The first-order chi connectivity index (χ1) is 12.2. The third-order valence-corrected chi connectivity index (χ3v) is 3.97. The molecule has 0 amide bonds. The smallest absolute Gasteiger partial charge is 0.303 e. The highest BCUT2D eigenvalue weighted by Crippen LogP contribution is 2.09. The normalized spacial score (nSPS) is 10.7. The number of aliphatic carboxylic acids is 1. The maximum Gasteiger partial charge on any atom is 0.303 e. The van der Waals surface area contributed by atoms with Gasteiger partial charge < -0.3 is 15.3 Å². The zero-order chi connectivity index (χ0) is 19.0. The van der Waals surface area contributed by atoms with Crippen LogP contribution >= 0.6 is 0 Å². The quantitative estimate of drug-likeness (QED) is 0.238. The van der Waals surface area contributed by atoms with Crippen LogP contribution in [0.5, 0.6) is 0 Å². The van der Waals surface area contributed by atoms with Crippen LogP contribution in [0.3, 0.4) is 0 Å². The largest absolute Gasteiger partial charge is 0.481 e. The van der Waals surface area contributed by atoms with Crippen LogP contribution in [-0.4, -0.2) is 34.5 Å². The van der Waals surface area contributed by atoms with Crippen LogP contribution in [0.25, 0.3) is 0 Å². The van der Waals surface area contributed by atoms with Crippen LogP contribution < -0.4 is 0 Å². The van der Waals surface area contributed by atoms with E-state index in [1.807, 2.05) is 0 Å². The fraction of sp³-hybridized carbons (Fsp3) is 0.857. The Hall–Kier alpha value is -0.870. The molecule has 0 aromatic rings. The molecule has 0 unspecified atom stereocenters. The first-order valence-electron chi connectivity index (χ1n) is 10.3. The Morgan fingerprint density at radius 1 is 0.680 bits per heavy atom. The van der Waals surface area contributed by atoms with Gasteiger partial charge in [-0.15, -0.1) is 0 Å². The summed E-state index contributed by atoms with van der Waals surface area (Å²) in [7, 11) is 0. The third-order valence-electron chi connectivity index (χ3n) is 3.97. The number of carboxylic acid groups (broad SMARTS) is 1. The van der Waals surface area contributed by atoms with Gasteiger partial charge in [-0.3, -0.25) is 4.79 Å². The predicted molar refractivity (Wildman–Crippen MR) is 106 cm³/mol. The van der Waals surface area contributed by atoms with Gasteiger partial charge in [0, 0.05) is 19.6 Å². The van der Waals surface area contributed by atoms with Gasteiger partial charge in [-0.25, -0.2) is 0 Å². The number of aliphatic hydroxyl groups is 2. The number of rotatable bonds is 17. The van der Waals surface area contributed by atoms with E-state index in [1.165, 1.54) is 70.6 Å². The van der Waals surface area contributed by atoms with Gasteiger partial charge in [0.05, 0.1) is 0 Å². The molecular weight excluding hydrogens is 316 g/mol. The summed E-state index contributed by atoms with van der Waals surface area (Å²) < 4.78 is 0. The molecule has 25 heavy (non-hydrogen) atoms. The lowest BCUT2D eigenvalue weighted by Gasteiger charge is -1.99. The topological polar surface area (TPSA) is 77.8 Å². The summed E-state index contributed by atoms with van der Waals surface area (Å²) in [4.78, 5) is 10.3. The SMILES string of the molecule is CCCCCCCC/C=C\CCCCCCCC(=O)O.OCCCO. The molecule has 150 valence electrons. The molecule has 3 N–H and O–H groups in total. The summed E-state index contributed by atoms with van der Waals surface area (Å²) >= 11 is 0. The van der Waals surface area contributed by atoms with Crippen LogP contribution in [0.4, 0.5) is 0 Å². The standard InChI is InChI=1S/C18H34O2.C3H8O2/c1-2-3-4-5-6-7-8-9-10-11-12-13-14-15-16-17-18(19)20;4-2-1-3-5/h9-10H,2-8,11-17H2,1H3,(H,19,20);4-5H,1-3H2/b10-9-;. The molecule has 0 aromatic heterocycles. The van der Waals surface area contributed by atoms with E-state index in [9.17, 15) is 4.79 Å². The summed E-state index contributed by atoms with van der Waals surface area (Å²) in [6.45, 7) is 2.45. The lowest BCUT2D eigenvalue weighted by molar-refractivity contribution is -0.137. The summed E-state index contributed by atoms with van der Waals surface area (Å²) in [5.41, 5.74) is 0. The second-order valence-electron chi connectivity index (χ2n) is 6.53. The van der Waals surface area contributed by atoms with Gasteiger partial charge in [0.1, 0.15) is 0 Å². The van der Waals surface area contributed by atoms with Crippen LogP contribution in [0.2, 0.25) is 0 Å². The van der Waals surface area contributed by atoms with Crippen molar-refractivity contribution in [3.63, 3.8) is 0 Å². The van der Waals surface area contributed by atoms with Gasteiger partial charge in [0.15, 0.2) is 0 Å². The molecule has 0 fully saturated rings. The number of unbranched alkanes of at least 4 members (excludes halogenated alkanes) is 11. The fourth-order valence-corrected chi connectivity index (χ4v) is 2.42. The number of hydrogen-bond donors (Lipinski definition) is 3. The Morgan fingerprint density at radius 2 is 1.12 bits per heavy atom. The Bertz CT molecular complexity index is 275. The van der Waals surface area contributed by atoms with E-state index in [4.69, 9.17) is 15.3 Å². The van der Waals surface area contributed by atoms with Crippen LogP contribution in [0.15, 0.2) is 12.2 Å². The molecule has 0 aliphatic carbocycles. The summed E-state index contributed by atoms with van der Waals surface area (Å²) in [5.74, 6) is -0.664. The molecule has 0 spiro atoms.